The molecule has 3 N–H and O–H groups in total. The Morgan fingerprint density at radius 2 is 1.75 bits per heavy atom. The maximum Gasteiger partial charge on any atom is 0.407 e. The number of nitrogens with one attached hydrogen (secondary N) is 3. The van der Waals surface area contributed by atoms with Crippen molar-refractivity contribution >= 4 is 39.3 Å². The van der Waals surface area contributed by atoms with Crippen molar-refractivity contribution in [3.63, 3.8) is 0 Å². The van der Waals surface area contributed by atoms with Gasteiger partial charge in [0.15, 0.2) is 0 Å². The van der Waals surface area contributed by atoms with Crippen molar-refractivity contribution in [3.05, 3.63) is 64.4 Å². The Bertz CT molecular complexity index is 1550. The first-order valence-corrected chi connectivity index (χ1v) is 19.2. The van der Waals surface area contributed by atoms with Crippen molar-refractivity contribution in [1.82, 2.24) is 14.9 Å². The van der Waals surface area contributed by atoms with Crippen molar-refractivity contribution in [2.75, 3.05) is 31.3 Å². The molecule has 2 saturated heterocycles. The summed E-state index contributed by atoms with van der Waals surface area (Å²) in [6, 6.07) is 10.6. The van der Waals surface area contributed by atoms with Gasteiger partial charge in [-0.25, -0.2) is 17.6 Å². The molecule has 2 aromatic rings. The van der Waals surface area contributed by atoms with Gasteiger partial charge in [-0.05, 0) is 100.0 Å². The Hall–Kier alpha value is -2.77. The van der Waals surface area contributed by atoms with Crippen LogP contribution in [0.5, 0.6) is 0 Å². The molecule has 48 heavy (non-hydrogen) atoms. The van der Waals surface area contributed by atoms with Crippen LogP contribution in [0.4, 0.5) is 14.9 Å². The summed E-state index contributed by atoms with van der Waals surface area (Å²) in [6.07, 6.45) is 7.34. The van der Waals surface area contributed by atoms with Crippen LogP contribution in [-0.4, -0.2) is 81.0 Å². The number of carbonyl (C=O) groups is 2. The van der Waals surface area contributed by atoms with Gasteiger partial charge in [0.25, 0.3) is 0 Å². The zero-order chi connectivity index (χ0) is 33.8. The Kier molecular flexibility index (Phi) is 11.3. The van der Waals surface area contributed by atoms with Gasteiger partial charge in [-0.3, -0.25) is 4.79 Å². The van der Waals surface area contributed by atoms with Crippen molar-refractivity contribution in [1.29, 1.82) is 0 Å². The van der Waals surface area contributed by atoms with E-state index in [2.05, 4.69) is 16.0 Å². The number of alkyl carbamates (subject to hydrolysis) is 1. The average molecular weight is 705 g/mol. The molecule has 262 valence electrons. The molecule has 0 spiro atoms. The van der Waals surface area contributed by atoms with Gasteiger partial charge in [0.05, 0.1) is 25.1 Å². The number of hydrogen-bond donors (Lipinski definition) is 3. The topological polar surface area (TPSA) is 126 Å². The lowest BCUT2D eigenvalue weighted by Gasteiger charge is -2.38. The van der Waals surface area contributed by atoms with Gasteiger partial charge in [0.1, 0.15) is 11.9 Å². The van der Waals surface area contributed by atoms with Crippen LogP contribution in [0.1, 0.15) is 74.8 Å². The van der Waals surface area contributed by atoms with Gasteiger partial charge in [-0.2, -0.15) is 4.31 Å². The van der Waals surface area contributed by atoms with Crippen LogP contribution in [0.2, 0.25) is 5.02 Å². The molecule has 5 atom stereocenters. The summed E-state index contributed by atoms with van der Waals surface area (Å²) in [5, 5.41) is 9.74. The maximum atomic E-state index is 15.5. The molecule has 10 nitrogen and oxygen atoms in total. The third kappa shape index (κ3) is 8.50. The molecule has 2 saturated carbocycles. The summed E-state index contributed by atoms with van der Waals surface area (Å²) < 4.78 is 54.2. The van der Waals surface area contributed by atoms with Gasteiger partial charge in [-0.1, -0.05) is 29.8 Å². The smallest absolute Gasteiger partial charge is 0.407 e. The second-order valence-corrected chi connectivity index (χ2v) is 16.1. The highest BCUT2D eigenvalue weighted by atomic mass is 35.5. The number of carbonyl (C=O) groups excluding carboxylic acids is 2. The summed E-state index contributed by atoms with van der Waals surface area (Å²) in [5.74, 6) is -1.26. The van der Waals surface area contributed by atoms with E-state index in [1.54, 1.807) is 22.5 Å². The first-order chi connectivity index (χ1) is 23.1. The van der Waals surface area contributed by atoms with E-state index >= 15 is 4.39 Å². The molecule has 4 fully saturated rings. The van der Waals surface area contributed by atoms with E-state index in [1.165, 1.54) is 19.2 Å². The van der Waals surface area contributed by atoms with E-state index in [0.29, 0.717) is 37.1 Å². The van der Waals surface area contributed by atoms with Gasteiger partial charge >= 0.3 is 6.09 Å². The molecule has 4 aliphatic rings. The molecular formula is C35H46ClFN4O6S. The Morgan fingerprint density at radius 1 is 1.04 bits per heavy atom. The van der Waals surface area contributed by atoms with Gasteiger partial charge in [0.2, 0.25) is 15.9 Å². The lowest BCUT2D eigenvalue weighted by molar-refractivity contribution is -0.119. The predicted molar refractivity (Wildman–Crippen MR) is 182 cm³/mol. The molecule has 2 bridgehead atoms. The number of rotatable bonds is 11. The van der Waals surface area contributed by atoms with Gasteiger partial charge in [-0.15, -0.1) is 0 Å². The highest BCUT2D eigenvalue weighted by Gasteiger charge is 2.41. The minimum absolute atomic E-state index is 0.0447. The average Bonchev–Trinajstić information content (AvgIpc) is 3.90. The second kappa shape index (κ2) is 15.4. The third-order valence-electron chi connectivity index (χ3n) is 10.4. The van der Waals surface area contributed by atoms with Crippen LogP contribution in [0, 0.1) is 11.7 Å². The minimum atomic E-state index is -3.40. The number of methoxy groups -OCH3 is 1. The number of sulfonamides is 1. The molecule has 6 rings (SSSR count). The van der Waals surface area contributed by atoms with Crippen molar-refractivity contribution in [2.24, 2.45) is 5.92 Å². The van der Waals surface area contributed by atoms with Crippen LogP contribution in [0.3, 0.4) is 0 Å². The Morgan fingerprint density at radius 3 is 2.44 bits per heavy atom. The Labute approximate surface area is 287 Å². The lowest BCUT2D eigenvalue weighted by atomic mass is 9.72. The van der Waals surface area contributed by atoms with Crippen molar-refractivity contribution < 1.29 is 31.9 Å². The number of fused-ring (bicyclic) bond motifs is 2. The number of anilines is 1. The molecule has 5 unspecified atom stereocenters. The zero-order valence-electron chi connectivity index (χ0n) is 27.3. The minimum Gasteiger partial charge on any atom is -0.453 e. The molecule has 13 heteroatoms. The maximum absolute atomic E-state index is 15.5. The molecule has 2 aliphatic heterocycles. The van der Waals surface area contributed by atoms with E-state index in [1.807, 2.05) is 12.1 Å². The first-order valence-electron chi connectivity index (χ1n) is 17.2. The van der Waals surface area contributed by atoms with E-state index in [-0.39, 0.29) is 47.5 Å². The third-order valence-corrected chi connectivity index (χ3v) is 12.6. The summed E-state index contributed by atoms with van der Waals surface area (Å²) in [7, 11) is -2.15. The zero-order valence-corrected chi connectivity index (χ0v) is 28.9. The van der Waals surface area contributed by atoms with Crippen LogP contribution < -0.4 is 16.0 Å². The van der Waals surface area contributed by atoms with Crippen LogP contribution in [0.25, 0.3) is 0 Å². The van der Waals surface area contributed by atoms with Gasteiger partial charge in [0, 0.05) is 47.4 Å². The van der Waals surface area contributed by atoms with E-state index in [4.69, 9.17) is 21.1 Å². The SMILES string of the molecule is COC(=O)NC(C(=O)Nc1cccc(F)c1CCC1CNC2CCCS(=O)(=O)N1C2)C(c1ccc(Cl)cc1)C1CCC(OC2CC2)CC1. The molecule has 2 amide bonds. The highest BCUT2D eigenvalue weighted by molar-refractivity contribution is 7.89. The predicted octanol–water partition coefficient (Wildman–Crippen LogP) is 5.36. The molecule has 2 aromatic carbocycles. The number of halogens is 2. The summed E-state index contributed by atoms with van der Waals surface area (Å²) in [5.41, 5.74) is 1.43. The van der Waals surface area contributed by atoms with Crippen LogP contribution >= 0.6 is 11.6 Å². The van der Waals surface area contributed by atoms with Crippen LogP contribution in [-0.2, 0) is 30.7 Å². The number of piperazine rings is 1. The van der Waals surface area contributed by atoms with E-state index in [9.17, 15) is 18.0 Å². The second-order valence-electron chi connectivity index (χ2n) is 13.6. The number of benzene rings is 2. The molecule has 2 heterocycles. The monoisotopic (exact) mass is 704 g/mol. The fourth-order valence-electron chi connectivity index (χ4n) is 7.68. The quantitative estimate of drug-likeness (QED) is 0.288. The number of nitrogens with zero attached hydrogens (tertiary/aromatic N) is 1. The fourth-order valence-corrected chi connectivity index (χ4v) is 9.62. The number of ether oxygens (including phenoxy) is 2. The number of amides is 2. The van der Waals surface area contributed by atoms with E-state index < -0.39 is 39.8 Å². The first kappa shape index (κ1) is 35.1. The van der Waals surface area contributed by atoms with Crippen LogP contribution in [0.15, 0.2) is 42.5 Å². The molecule has 0 aromatic heterocycles. The standard InChI is InChI=1S/C35H46ClFN4O6S/c1-46-35(43)40-33(32(22-7-11-24(36)12-8-22)23-9-14-27(15-10-23)47-28-16-17-28)34(42)39-31-6-2-5-30(37)29(31)18-13-26-20-38-25-4-3-19-48(44,45)41(26)21-25/h2,5-8,11-12,23,25-28,32-33,38H,3-4,9-10,13-21H2,1H3,(H,39,42)(H,40,43). The Balaban J connectivity index is 1.23. The molecular weight excluding hydrogens is 659 g/mol. The van der Waals surface area contributed by atoms with Crippen molar-refractivity contribution in [2.45, 2.75) is 100 Å². The normalized spacial score (nSPS) is 28.0. The highest BCUT2D eigenvalue weighted by Crippen LogP contribution is 2.41. The lowest BCUT2D eigenvalue weighted by Crippen LogP contribution is -2.57. The van der Waals surface area contributed by atoms with Gasteiger partial charge < -0.3 is 25.4 Å². The van der Waals surface area contributed by atoms with Crippen molar-refractivity contribution in [3.8, 4) is 0 Å². The summed E-state index contributed by atoms with van der Waals surface area (Å²) >= 11 is 6.24. The summed E-state index contributed by atoms with van der Waals surface area (Å²) in [4.78, 5) is 27.0. The summed E-state index contributed by atoms with van der Waals surface area (Å²) in [6.45, 7) is 0.900. The fraction of sp³-hybridized carbons (Fsp3) is 0.600. The molecule has 2 aliphatic carbocycles. The molecule has 0 radical (unpaired) electrons. The van der Waals surface area contributed by atoms with E-state index in [0.717, 1.165) is 50.5 Å². The largest absolute Gasteiger partial charge is 0.453 e. The number of hydrogen-bond acceptors (Lipinski definition) is 7.